The van der Waals surface area contributed by atoms with Crippen molar-refractivity contribution in [2.24, 2.45) is 16.7 Å². The van der Waals surface area contributed by atoms with Crippen LogP contribution in [0.25, 0.3) is 0 Å². The van der Waals surface area contributed by atoms with Gasteiger partial charge in [-0.05, 0) is 36.0 Å². The third kappa shape index (κ3) is 0.826. The Hall–Kier alpha value is -0.0800. The fraction of sp³-hybridized carbons (Fsp3) is 1.00. The molecule has 2 rings (SSSR count). The molecule has 0 aromatic heterocycles. The topological polar surface area (TPSA) is 55.2 Å². The Morgan fingerprint density at radius 2 is 1.83 bits per heavy atom. The molecule has 0 heterocycles. The van der Waals surface area contributed by atoms with Crippen LogP contribution >= 0.6 is 0 Å². The highest BCUT2D eigenvalue weighted by Gasteiger charge is 2.60. The second-order valence-electron chi connectivity index (χ2n) is 5.13. The molecular formula is C10H21NO. The summed E-state index contributed by atoms with van der Waals surface area (Å²) in [5.74, 6) is 0.780. The Bertz CT molecular complexity index is 190. The van der Waals surface area contributed by atoms with Crippen LogP contribution in [0.3, 0.4) is 0 Å². The molecule has 2 aliphatic rings. The summed E-state index contributed by atoms with van der Waals surface area (Å²) in [7, 11) is 0. The second kappa shape index (κ2) is 2.46. The lowest BCUT2D eigenvalue weighted by Crippen LogP contribution is -2.35. The van der Waals surface area contributed by atoms with Gasteiger partial charge in [0.1, 0.15) is 0 Å². The van der Waals surface area contributed by atoms with E-state index in [4.69, 9.17) is 0 Å². The van der Waals surface area contributed by atoms with E-state index in [0.717, 1.165) is 12.3 Å². The SMILES string of the molecule is CC1(C)[C@@H]2CC[C@]1(C)[C@@H](O)C2.N. The maximum atomic E-state index is 9.81. The monoisotopic (exact) mass is 171 g/mol. The molecule has 0 aromatic rings. The normalized spacial score (nSPS) is 49.0. The Kier molecular flexibility index (Phi) is 2.05. The molecule has 2 nitrogen and oxygen atoms in total. The highest BCUT2D eigenvalue weighted by atomic mass is 16.3. The van der Waals surface area contributed by atoms with Gasteiger partial charge in [-0.25, -0.2) is 0 Å². The zero-order chi connectivity index (χ0) is 8.28. The average molecular weight is 171 g/mol. The molecule has 0 saturated heterocycles. The van der Waals surface area contributed by atoms with Gasteiger partial charge in [-0.2, -0.15) is 0 Å². The van der Waals surface area contributed by atoms with Crippen LogP contribution < -0.4 is 6.15 Å². The molecule has 0 radical (unpaired) electrons. The maximum absolute atomic E-state index is 9.81. The van der Waals surface area contributed by atoms with Crippen molar-refractivity contribution < 1.29 is 5.11 Å². The zero-order valence-electron chi connectivity index (χ0n) is 8.43. The van der Waals surface area contributed by atoms with E-state index in [0.29, 0.717) is 5.41 Å². The molecular weight excluding hydrogens is 150 g/mol. The van der Waals surface area contributed by atoms with Gasteiger partial charge in [0, 0.05) is 0 Å². The van der Waals surface area contributed by atoms with E-state index in [2.05, 4.69) is 20.8 Å². The van der Waals surface area contributed by atoms with Crippen molar-refractivity contribution in [3.63, 3.8) is 0 Å². The van der Waals surface area contributed by atoms with Crippen molar-refractivity contribution in [3.8, 4) is 0 Å². The third-order valence-electron chi connectivity index (χ3n) is 4.75. The van der Waals surface area contributed by atoms with E-state index in [9.17, 15) is 5.11 Å². The second-order valence-corrected chi connectivity index (χ2v) is 5.13. The molecule has 2 saturated carbocycles. The van der Waals surface area contributed by atoms with Crippen molar-refractivity contribution >= 4 is 0 Å². The van der Waals surface area contributed by atoms with Gasteiger partial charge in [0.05, 0.1) is 6.10 Å². The van der Waals surface area contributed by atoms with Crippen molar-refractivity contribution in [2.45, 2.75) is 46.1 Å². The first-order valence-electron chi connectivity index (χ1n) is 4.66. The summed E-state index contributed by atoms with van der Waals surface area (Å²) in [6.45, 7) is 6.90. The summed E-state index contributed by atoms with van der Waals surface area (Å²) in [5.41, 5.74) is 0.601. The summed E-state index contributed by atoms with van der Waals surface area (Å²) in [6, 6.07) is 0. The van der Waals surface area contributed by atoms with Crippen LogP contribution in [0.2, 0.25) is 0 Å². The van der Waals surface area contributed by atoms with E-state index in [-0.39, 0.29) is 17.7 Å². The number of hydrogen-bond donors (Lipinski definition) is 2. The van der Waals surface area contributed by atoms with E-state index in [1.807, 2.05) is 0 Å². The standard InChI is InChI=1S/C10H18O.H3N/c1-9(2)7-4-5-10(9,3)8(11)6-7;/h7-8,11H,4-6H2,1-3H3;1H3/t7-,8+,10-;/m1./s1. The lowest BCUT2D eigenvalue weighted by molar-refractivity contribution is 0.0126. The van der Waals surface area contributed by atoms with Gasteiger partial charge in [0.2, 0.25) is 0 Å². The first-order valence-corrected chi connectivity index (χ1v) is 4.66. The minimum absolute atomic E-state index is 0. The van der Waals surface area contributed by atoms with Crippen molar-refractivity contribution in [1.82, 2.24) is 6.15 Å². The number of fused-ring (bicyclic) bond motifs is 2. The Balaban J connectivity index is 0.000000720. The maximum Gasteiger partial charge on any atom is 0.0601 e. The Morgan fingerprint density at radius 3 is 2.00 bits per heavy atom. The molecule has 12 heavy (non-hydrogen) atoms. The van der Waals surface area contributed by atoms with Gasteiger partial charge in [-0.3, -0.25) is 0 Å². The average Bonchev–Trinajstić information content (AvgIpc) is 2.20. The van der Waals surface area contributed by atoms with Crippen LogP contribution in [-0.4, -0.2) is 11.2 Å². The van der Waals surface area contributed by atoms with E-state index in [1.54, 1.807) is 0 Å². The number of hydrogen-bond acceptors (Lipinski definition) is 2. The molecule has 0 unspecified atom stereocenters. The van der Waals surface area contributed by atoms with Crippen molar-refractivity contribution in [3.05, 3.63) is 0 Å². The van der Waals surface area contributed by atoms with Gasteiger partial charge in [-0.1, -0.05) is 20.8 Å². The molecule has 2 fully saturated rings. The van der Waals surface area contributed by atoms with Crippen LogP contribution in [0.5, 0.6) is 0 Å². The van der Waals surface area contributed by atoms with Gasteiger partial charge in [0.25, 0.3) is 0 Å². The van der Waals surface area contributed by atoms with Crippen LogP contribution in [0.1, 0.15) is 40.0 Å². The molecule has 4 N–H and O–H groups in total. The Labute approximate surface area is 74.9 Å². The predicted molar refractivity (Wildman–Crippen MR) is 50.3 cm³/mol. The molecule has 0 aliphatic heterocycles. The van der Waals surface area contributed by atoms with E-state index >= 15 is 0 Å². The molecule has 0 spiro atoms. The molecule has 2 aliphatic carbocycles. The molecule has 0 amide bonds. The van der Waals surface area contributed by atoms with Gasteiger partial charge in [0.15, 0.2) is 0 Å². The van der Waals surface area contributed by atoms with Gasteiger partial charge >= 0.3 is 0 Å². The largest absolute Gasteiger partial charge is 0.393 e. The minimum Gasteiger partial charge on any atom is -0.393 e. The molecule has 0 aromatic carbocycles. The van der Waals surface area contributed by atoms with Crippen LogP contribution in [0.15, 0.2) is 0 Å². The highest BCUT2D eigenvalue weighted by Crippen LogP contribution is 2.65. The lowest BCUT2D eigenvalue weighted by Gasteiger charge is -2.36. The van der Waals surface area contributed by atoms with Gasteiger partial charge < -0.3 is 11.3 Å². The summed E-state index contributed by atoms with van der Waals surface area (Å²) in [4.78, 5) is 0. The van der Waals surface area contributed by atoms with Gasteiger partial charge in [-0.15, -0.1) is 0 Å². The van der Waals surface area contributed by atoms with Crippen LogP contribution in [0, 0.1) is 16.7 Å². The quantitative estimate of drug-likeness (QED) is 0.588. The highest BCUT2D eigenvalue weighted by molar-refractivity contribution is 5.10. The molecule has 2 heteroatoms. The molecule has 2 bridgehead atoms. The fourth-order valence-corrected chi connectivity index (χ4v) is 3.16. The first-order chi connectivity index (χ1) is 4.98. The summed E-state index contributed by atoms with van der Waals surface area (Å²) >= 11 is 0. The minimum atomic E-state index is -0.0313. The van der Waals surface area contributed by atoms with E-state index < -0.39 is 0 Å². The van der Waals surface area contributed by atoms with E-state index in [1.165, 1.54) is 12.8 Å². The number of aliphatic hydroxyl groups is 1. The summed E-state index contributed by atoms with van der Waals surface area (Å²) < 4.78 is 0. The smallest absolute Gasteiger partial charge is 0.0601 e. The predicted octanol–water partition coefficient (Wildman–Crippen LogP) is 2.36. The molecule has 3 atom stereocenters. The zero-order valence-corrected chi connectivity index (χ0v) is 8.43. The Morgan fingerprint density at radius 1 is 1.25 bits per heavy atom. The number of rotatable bonds is 0. The van der Waals surface area contributed by atoms with Crippen molar-refractivity contribution in [1.29, 1.82) is 0 Å². The summed E-state index contributed by atoms with van der Waals surface area (Å²) in [5, 5.41) is 9.81. The first kappa shape index (κ1) is 10.0. The third-order valence-corrected chi connectivity index (χ3v) is 4.75. The molecule has 72 valence electrons. The number of aliphatic hydroxyl groups excluding tert-OH is 1. The lowest BCUT2D eigenvalue weighted by atomic mass is 9.70. The van der Waals surface area contributed by atoms with Crippen molar-refractivity contribution in [2.75, 3.05) is 0 Å². The fourth-order valence-electron chi connectivity index (χ4n) is 3.16. The summed E-state index contributed by atoms with van der Waals surface area (Å²) in [6.07, 6.45) is 3.58. The van der Waals surface area contributed by atoms with Crippen LogP contribution in [0.4, 0.5) is 0 Å². The van der Waals surface area contributed by atoms with Crippen LogP contribution in [-0.2, 0) is 0 Å².